The second kappa shape index (κ2) is 7.47. The van der Waals surface area contributed by atoms with Gasteiger partial charge in [-0.25, -0.2) is 0 Å². The fraction of sp³-hybridized carbons (Fsp3) is 0.760. The van der Waals surface area contributed by atoms with Crippen LogP contribution < -0.4 is 4.74 Å². The van der Waals surface area contributed by atoms with Gasteiger partial charge in [0.05, 0.1) is 24.9 Å². The van der Waals surface area contributed by atoms with E-state index in [9.17, 15) is 10.2 Å². The molecule has 2 saturated carbocycles. The third-order valence-electron chi connectivity index (χ3n) is 8.22. The van der Waals surface area contributed by atoms with E-state index >= 15 is 0 Å². The average Bonchev–Trinajstić information content (AvgIpc) is 3.53. The van der Waals surface area contributed by atoms with Gasteiger partial charge in [0.1, 0.15) is 5.75 Å². The second-order valence-electron chi connectivity index (χ2n) is 10.7. The number of hydrogen-bond acceptors (Lipinski definition) is 5. The predicted octanol–water partition coefficient (Wildman–Crippen LogP) is 2.90. The van der Waals surface area contributed by atoms with Crippen LogP contribution in [0.3, 0.4) is 0 Å². The van der Waals surface area contributed by atoms with E-state index in [2.05, 4.69) is 30.9 Å². The van der Waals surface area contributed by atoms with Gasteiger partial charge in [0.15, 0.2) is 0 Å². The molecule has 166 valence electrons. The van der Waals surface area contributed by atoms with Crippen LogP contribution in [0.1, 0.15) is 57.1 Å². The lowest BCUT2D eigenvalue weighted by atomic mass is 9.48. The highest BCUT2D eigenvalue weighted by Crippen LogP contribution is 2.59. The molecule has 2 N–H and O–H groups in total. The highest BCUT2D eigenvalue weighted by molar-refractivity contribution is 5.49. The molecular formula is C25H37NO4. The van der Waals surface area contributed by atoms with Crippen molar-refractivity contribution in [3.63, 3.8) is 0 Å². The highest BCUT2D eigenvalue weighted by atomic mass is 16.5. The lowest BCUT2D eigenvalue weighted by Gasteiger charge is -2.65. The molecule has 0 amide bonds. The standard InChI is InChI=1S/C25H37NO4/c1-16(2)15-30-22-13-25(28)23-10-18-6-7-19(29-3)11-20(18)24(25,12-21(22)27)8-9-26(23)14-17-4-5-17/h6-7,11,16-17,21-23,27-28H,4-5,8-10,12-15H2,1-3H3/t21-,22+,23-,24-,25-/m1/s1. The average molecular weight is 416 g/mol. The molecule has 5 nitrogen and oxygen atoms in total. The van der Waals surface area contributed by atoms with Gasteiger partial charge in [-0.3, -0.25) is 4.90 Å². The van der Waals surface area contributed by atoms with E-state index in [0.717, 1.165) is 37.6 Å². The topological polar surface area (TPSA) is 62.2 Å². The van der Waals surface area contributed by atoms with Crippen molar-refractivity contribution in [1.29, 1.82) is 0 Å². The van der Waals surface area contributed by atoms with Gasteiger partial charge in [0, 0.05) is 31.0 Å². The van der Waals surface area contributed by atoms with Crippen LogP contribution in [0.15, 0.2) is 18.2 Å². The molecule has 5 atom stereocenters. The summed E-state index contributed by atoms with van der Waals surface area (Å²) in [4.78, 5) is 2.56. The summed E-state index contributed by atoms with van der Waals surface area (Å²) in [7, 11) is 1.70. The van der Waals surface area contributed by atoms with Crippen molar-refractivity contribution in [2.24, 2.45) is 11.8 Å². The minimum absolute atomic E-state index is 0.0883. The molecule has 1 aromatic carbocycles. The quantitative estimate of drug-likeness (QED) is 0.748. The van der Waals surface area contributed by atoms with Crippen molar-refractivity contribution in [3.05, 3.63) is 29.3 Å². The van der Waals surface area contributed by atoms with E-state index in [1.807, 2.05) is 6.07 Å². The summed E-state index contributed by atoms with van der Waals surface area (Å²) in [5.41, 5.74) is 1.17. The Morgan fingerprint density at radius 1 is 1.23 bits per heavy atom. The van der Waals surface area contributed by atoms with Gasteiger partial charge >= 0.3 is 0 Å². The second-order valence-corrected chi connectivity index (χ2v) is 10.7. The van der Waals surface area contributed by atoms with Gasteiger partial charge in [-0.1, -0.05) is 19.9 Å². The molecule has 0 unspecified atom stereocenters. The molecule has 0 radical (unpaired) electrons. The zero-order chi connectivity index (χ0) is 21.1. The Morgan fingerprint density at radius 3 is 2.73 bits per heavy atom. The Labute approximate surface area is 180 Å². The monoisotopic (exact) mass is 415 g/mol. The highest BCUT2D eigenvalue weighted by Gasteiger charge is 2.66. The zero-order valence-electron chi connectivity index (χ0n) is 18.6. The Hall–Kier alpha value is -1.14. The van der Waals surface area contributed by atoms with E-state index in [4.69, 9.17) is 9.47 Å². The van der Waals surface area contributed by atoms with Crippen molar-refractivity contribution in [1.82, 2.24) is 4.90 Å². The van der Waals surface area contributed by atoms with Crippen LogP contribution in [0.5, 0.6) is 5.75 Å². The maximum absolute atomic E-state index is 12.5. The molecular weight excluding hydrogens is 378 g/mol. The Balaban J connectivity index is 1.55. The van der Waals surface area contributed by atoms with Crippen LogP contribution in [0.4, 0.5) is 0 Å². The summed E-state index contributed by atoms with van der Waals surface area (Å²) in [6.07, 6.45) is 4.57. The van der Waals surface area contributed by atoms with Crippen LogP contribution in [0.25, 0.3) is 0 Å². The summed E-state index contributed by atoms with van der Waals surface area (Å²) < 4.78 is 11.7. The normalized spacial score (nSPS) is 38.3. The van der Waals surface area contributed by atoms with Gasteiger partial charge in [0.25, 0.3) is 0 Å². The SMILES string of the molecule is COc1ccc2c(c1)[C@]13CCN(CC4CC4)[C@H](C2)[C@]1(O)C[C@H](OCC(C)C)[C@H](O)C3. The van der Waals surface area contributed by atoms with Crippen LogP contribution >= 0.6 is 0 Å². The minimum atomic E-state index is -0.889. The van der Waals surface area contributed by atoms with E-state index in [0.29, 0.717) is 25.4 Å². The van der Waals surface area contributed by atoms with Crippen molar-refractivity contribution in [3.8, 4) is 5.75 Å². The number of fused-ring (bicyclic) bond motifs is 1. The maximum atomic E-state index is 12.5. The minimum Gasteiger partial charge on any atom is -0.497 e. The number of benzene rings is 1. The molecule has 2 bridgehead atoms. The molecule has 1 aliphatic heterocycles. The summed E-state index contributed by atoms with van der Waals surface area (Å²) in [6.45, 7) is 6.95. The van der Waals surface area contributed by atoms with Crippen LogP contribution in [0, 0.1) is 11.8 Å². The first kappa shape index (κ1) is 20.7. The third-order valence-corrected chi connectivity index (χ3v) is 8.22. The number of aliphatic hydroxyl groups excluding tert-OH is 1. The van der Waals surface area contributed by atoms with Crippen LogP contribution in [-0.2, 0) is 16.6 Å². The smallest absolute Gasteiger partial charge is 0.119 e. The first-order chi connectivity index (χ1) is 14.4. The van der Waals surface area contributed by atoms with Crippen molar-refractivity contribution in [2.75, 3.05) is 26.8 Å². The molecule has 30 heavy (non-hydrogen) atoms. The number of likely N-dealkylation sites (tertiary alicyclic amines) is 1. The summed E-state index contributed by atoms with van der Waals surface area (Å²) in [6, 6.07) is 6.42. The number of piperidine rings is 1. The predicted molar refractivity (Wildman–Crippen MR) is 116 cm³/mol. The van der Waals surface area contributed by atoms with Gasteiger partial charge in [-0.15, -0.1) is 0 Å². The maximum Gasteiger partial charge on any atom is 0.119 e. The van der Waals surface area contributed by atoms with Crippen LogP contribution in [0.2, 0.25) is 0 Å². The van der Waals surface area contributed by atoms with E-state index in [1.54, 1.807) is 7.11 Å². The molecule has 5 heteroatoms. The Bertz CT molecular complexity index is 793. The molecule has 1 heterocycles. The Morgan fingerprint density at radius 2 is 2.03 bits per heavy atom. The molecule has 5 rings (SSSR count). The number of nitrogens with zero attached hydrogens (tertiary/aromatic N) is 1. The summed E-state index contributed by atoms with van der Waals surface area (Å²) in [5.74, 6) is 2.03. The van der Waals surface area contributed by atoms with Crippen molar-refractivity contribution < 1.29 is 19.7 Å². The molecule has 0 aromatic heterocycles. The number of methoxy groups -OCH3 is 1. The number of rotatable bonds is 6. The first-order valence-electron chi connectivity index (χ1n) is 11.8. The van der Waals surface area contributed by atoms with Crippen LogP contribution in [-0.4, -0.2) is 65.8 Å². The number of aliphatic hydroxyl groups is 2. The molecule has 3 aliphatic carbocycles. The summed E-state index contributed by atoms with van der Waals surface area (Å²) in [5, 5.41) is 23.6. The molecule has 0 spiro atoms. The lowest BCUT2D eigenvalue weighted by molar-refractivity contribution is -0.219. The van der Waals surface area contributed by atoms with Gasteiger partial charge in [-0.2, -0.15) is 0 Å². The van der Waals surface area contributed by atoms with Gasteiger partial charge in [0.2, 0.25) is 0 Å². The fourth-order valence-electron chi connectivity index (χ4n) is 6.50. The van der Waals surface area contributed by atoms with Crippen molar-refractivity contribution >= 4 is 0 Å². The Kier molecular flexibility index (Phi) is 5.17. The molecule has 1 saturated heterocycles. The number of ether oxygens (including phenoxy) is 2. The van der Waals surface area contributed by atoms with Gasteiger partial charge in [-0.05, 0) is 73.7 Å². The molecule has 1 aromatic rings. The fourth-order valence-corrected chi connectivity index (χ4v) is 6.50. The lowest BCUT2D eigenvalue weighted by Crippen LogP contribution is -2.75. The molecule has 3 fully saturated rings. The molecule has 4 aliphatic rings. The van der Waals surface area contributed by atoms with Crippen molar-refractivity contribution in [2.45, 2.75) is 81.6 Å². The zero-order valence-corrected chi connectivity index (χ0v) is 18.6. The summed E-state index contributed by atoms with van der Waals surface area (Å²) >= 11 is 0. The number of hydrogen-bond donors (Lipinski definition) is 2. The first-order valence-corrected chi connectivity index (χ1v) is 11.8. The van der Waals surface area contributed by atoms with Gasteiger partial charge < -0.3 is 19.7 Å². The van der Waals surface area contributed by atoms with E-state index in [1.165, 1.54) is 24.0 Å². The van der Waals surface area contributed by atoms with E-state index in [-0.39, 0.29) is 12.1 Å². The third kappa shape index (κ3) is 3.21. The largest absolute Gasteiger partial charge is 0.497 e. The van der Waals surface area contributed by atoms with E-state index < -0.39 is 17.1 Å².